The van der Waals surface area contributed by atoms with Crippen LogP contribution in [0.15, 0.2) is 21.7 Å². The number of ether oxygens (including phenoxy) is 1. The molecule has 0 aliphatic carbocycles. The molecule has 11 heteroatoms. The summed E-state index contributed by atoms with van der Waals surface area (Å²) >= 11 is 1.12. The van der Waals surface area contributed by atoms with E-state index in [4.69, 9.17) is 4.74 Å². The van der Waals surface area contributed by atoms with Crippen molar-refractivity contribution < 1.29 is 27.5 Å². The maximum atomic E-state index is 13.0. The molecule has 0 radical (unpaired) electrons. The first kappa shape index (κ1) is 23.7. The van der Waals surface area contributed by atoms with Crippen LogP contribution in [0, 0.1) is 5.92 Å². The van der Waals surface area contributed by atoms with Crippen molar-refractivity contribution >= 4 is 39.1 Å². The van der Waals surface area contributed by atoms with E-state index in [1.165, 1.54) is 22.3 Å². The summed E-state index contributed by atoms with van der Waals surface area (Å²) in [5, 5.41) is 1.69. The van der Waals surface area contributed by atoms with E-state index < -0.39 is 16.1 Å². The zero-order valence-corrected chi connectivity index (χ0v) is 19.5. The van der Waals surface area contributed by atoms with Crippen LogP contribution in [-0.4, -0.2) is 86.2 Å². The minimum absolute atomic E-state index is 0.155. The lowest BCUT2D eigenvalue weighted by atomic mass is 9.98. The number of rotatable bonds is 7. The van der Waals surface area contributed by atoms with Crippen LogP contribution >= 0.6 is 11.3 Å². The number of carbonyl (C=O) groups is 3. The number of amides is 2. The molecule has 0 spiro atoms. The molecule has 2 saturated heterocycles. The molecule has 31 heavy (non-hydrogen) atoms. The quantitative estimate of drug-likeness (QED) is 0.553. The highest BCUT2D eigenvalue weighted by molar-refractivity contribution is 7.91. The molecule has 172 valence electrons. The third-order valence-corrected chi connectivity index (χ3v) is 8.97. The molecule has 2 fully saturated rings. The average molecular weight is 472 g/mol. The summed E-state index contributed by atoms with van der Waals surface area (Å²) in [6.07, 6.45) is 2.39. The Kier molecular flexibility index (Phi) is 7.71. The lowest BCUT2D eigenvalue weighted by Crippen LogP contribution is -2.51. The van der Waals surface area contributed by atoms with Gasteiger partial charge in [-0.3, -0.25) is 14.4 Å². The highest BCUT2D eigenvalue weighted by Crippen LogP contribution is 2.29. The number of thiophene rings is 1. The van der Waals surface area contributed by atoms with E-state index in [0.29, 0.717) is 38.8 Å². The Balaban J connectivity index is 1.62. The fourth-order valence-corrected chi connectivity index (χ4v) is 6.86. The molecule has 0 bridgehead atoms. The van der Waals surface area contributed by atoms with Crippen molar-refractivity contribution in [2.75, 3.05) is 39.8 Å². The lowest BCUT2D eigenvalue weighted by molar-refractivity contribution is -0.152. The van der Waals surface area contributed by atoms with Crippen molar-refractivity contribution in [3.05, 3.63) is 17.5 Å². The van der Waals surface area contributed by atoms with Crippen LogP contribution in [0.5, 0.6) is 0 Å². The summed E-state index contributed by atoms with van der Waals surface area (Å²) in [4.78, 5) is 40.7. The molecule has 0 N–H and O–H groups in total. The zero-order valence-electron chi connectivity index (χ0n) is 17.9. The van der Waals surface area contributed by atoms with Crippen molar-refractivity contribution in [1.29, 1.82) is 0 Å². The molecule has 0 aromatic carbocycles. The van der Waals surface area contributed by atoms with Gasteiger partial charge in [0.15, 0.2) is 0 Å². The van der Waals surface area contributed by atoms with Crippen LogP contribution in [0.2, 0.25) is 0 Å². The minimum Gasteiger partial charge on any atom is -0.466 e. The van der Waals surface area contributed by atoms with E-state index in [1.54, 1.807) is 23.3 Å². The molecular formula is C20H29N3O6S2. The van der Waals surface area contributed by atoms with E-state index >= 15 is 0 Å². The number of carbonyl (C=O) groups excluding carboxylic acids is 3. The molecular weight excluding hydrogens is 442 g/mol. The monoisotopic (exact) mass is 471 g/mol. The number of esters is 1. The van der Waals surface area contributed by atoms with Crippen molar-refractivity contribution in [3.8, 4) is 0 Å². The zero-order chi connectivity index (χ0) is 22.6. The Morgan fingerprint density at radius 3 is 2.65 bits per heavy atom. The molecule has 3 rings (SSSR count). The van der Waals surface area contributed by atoms with Gasteiger partial charge in [0.1, 0.15) is 10.3 Å². The van der Waals surface area contributed by atoms with Gasteiger partial charge in [0, 0.05) is 26.7 Å². The Bertz CT molecular complexity index is 902. The summed E-state index contributed by atoms with van der Waals surface area (Å²) in [7, 11) is -2.22. The number of likely N-dealkylation sites (tertiary alicyclic amines) is 1. The molecule has 2 aliphatic heterocycles. The molecule has 9 nitrogen and oxygen atoms in total. The van der Waals surface area contributed by atoms with Crippen LogP contribution in [-0.2, 0) is 29.1 Å². The van der Waals surface area contributed by atoms with Gasteiger partial charge < -0.3 is 14.5 Å². The predicted octanol–water partition coefficient (Wildman–Crippen LogP) is 1.16. The summed E-state index contributed by atoms with van der Waals surface area (Å²) in [5.41, 5.74) is 0. The van der Waals surface area contributed by atoms with Gasteiger partial charge in [0.05, 0.1) is 19.1 Å². The molecule has 1 aromatic heterocycles. The van der Waals surface area contributed by atoms with Crippen LogP contribution in [0.3, 0.4) is 0 Å². The molecule has 2 atom stereocenters. The Hall–Kier alpha value is -1.98. The van der Waals surface area contributed by atoms with E-state index in [2.05, 4.69) is 0 Å². The smallest absolute Gasteiger partial charge is 0.310 e. The van der Waals surface area contributed by atoms with E-state index in [1.807, 2.05) is 0 Å². The molecule has 1 aromatic rings. The molecule has 3 heterocycles. The summed E-state index contributed by atoms with van der Waals surface area (Å²) in [6.45, 7) is 2.98. The molecule has 2 amide bonds. The van der Waals surface area contributed by atoms with Gasteiger partial charge in [0.2, 0.25) is 11.8 Å². The third-order valence-electron chi connectivity index (χ3n) is 5.69. The van der Waals surface area contributed by atoms with Gasteiger partial charge in [-0.1, -0.05) is 6.07 Å². The fourth-order valence-electron chi connectivity index (χ4n) is 4.09. The van der Waals surface area contributed by atoms with E-state index in [-0.39, 0.29) is 47.5 Å². The summed E-state index contributed by atoms with van der Waals surface area (Å²) in [6, 6.07) is 2.39. The van der Waals surface area contributed by atoms with Crippen LogP contribution in [0.4, 0.5) is 0 Å². The predicted molar refractivity (Wildman–Crippen MR) is 115 cm³/mol. The summed E-state index contributed by atoms with van der Waals surface area (Å²) < 4.78 is 32.3. The Labute approximate surface area is 187 Å². The third kappa shape index (κ3) is 5.27. The number of sulfonamides is 1. The van der Waals surface area contributed by atoms with Crippen molar-refractivity contribution in [3.63, 3.8) is 0 Å². The minimum atomic E-state index is -3.74. The molecule has 2 unspecified atom stereocenters. The first-order chi connectivity index (χ1) is 14.8. The second-order valence-electron chi connectivity index (χ2n) is 7.83. The Morgan fingerprint density at radius 1 is 1.23 bits per heavy atom. The Morgan fingerprint density at radius 2 is 1.97 bits per heavy atom. The topological polar surface area (TPSA) is 104 Å². The second-order valence-corrected chi connectivity index (χ2v) is 10.9. The number of likely N-dealkylation sites (N-methyl/N-ethyl adjacent to an activating group) is 1. The maximum absolute atomic E-state index is 13.0. The van der Waals surface area contributed by atoms with Crippen molar-refractivity contribution in [2.24, 2.45) is 5.92 Å². The first-order valence-electron chi connectivity index (χ1n) is 10.5. The van der Waals surface area contributed by atoms with Crippen molar-refractivity contribution in [1.82, 2.24) is 14.1 Å². The van der Waals surface area contributed by atoms with Gasteiger partial charge >= 0.3 is 5.97 Å². The second kappa shape index (κ2) is 10.1. The van der Waals surface area contributed by atoms with Gasteiger partial charge in [-0.05, 0) is 44.1 Å². The van der Waals surface area contributed by atoms with Crippen molar-refractivity contribution in [2.45, 2.75) is 42.9 Å². The van der Waals surface area contributed by atoms with Crippen LogP contribution in [0.25, 0.3) is 0 Å². The van der Waals surface area contributed by atoms with Gasteiger partial charge in [0.25, 0.3) is 10.0 Å². The highest BCUT2D eigenvalue weighted by atomic mass is 32.2. The largest absolute Gasteiger partial charge is 0.466 e. The van der Waals surface area contributed by atoms with Gasteiger partial charge in [-0.15, -0.1) is 11.3 Å². The highest BCUT2D eigenvalue weighted by Gasteiger charge is 2.41. The number of hydrogen-bond acceptors (Lipinski definition) is 7. The number of nitrogens with zero attached hydrogens (tertiary/aromatic N) is 3. The van der Waals surface area contributed by atoms with Crippen LogP contribution < -0.4 is 0 Å². The first-order valence-corrected chi connectivity index (χ1v) is 12.8. The number of hydrogen-bond donors (Lipinski definition) is 0. The van der Waals surface area contributed by atoms with E-state index in [0.717, 1.165) is 11.3 Å². The molecule has 2 aliphatic rings. The normalized spacial score (nSPS) is 22.3. The standard InChI is InChI=1S/C20H29N3O6S2/c1-3-29-20(26)15-7-4-10-22(13-15)17(24)14-21(2)19(25)16-8-5-11-23(16)31(27,28)18-9-6-12-30-18/h6,9,12,15-16H,3-5,7-8,10-11,13-14H2,1-2H3. The van der Waals surface area contributed by atoms with E-state index in [9.17, 15) is 22.8 Å². The van der Waals surface area contributed by atoms with Crippen LogP contribution in [0.1, 0.15) is 32.6 Å². The summed E-state index contributed by atoms with van der Waals surface area (Å²) in [5.74, 6) is -1.29. The van der Waals surface area contributed by atoms with Gasteiger partial charge in [-0.25, -0.2) is 8.42 Å². The fraction of sp³-hybridized carbons (Fsp3) is 0.650. The molecule has 0 saturated carbocycles. The van der Waals surface area contributed by atoms with Gasteiger partial charge in [-0.2, -0.15) is 4.31 Å². The SMILES string of the molecule is CCOC(=O)C1CCCN(C(=O)CN(C)C(=O)C2CCCN2S(=O)(=O)c2cccs2)C1. The lowest BCUT2D eigenvalue weighted by Gasteiger charge is -2.33. The maximum Gasteiger partial charge on any atom is 0.310 e. The average Bonchev–Trinajstić information content (AvgIpc) is 3.46. The number of piperidine rings is 1.